The van der Waals surface area contributed by atoms with Gasteiger partial charge in [-0.05, 0) is 44.2 Å². The van der Waals surface area contributed by atoms with Crippen LogP contribution >= 0.6 is 11.6 Å². The maximum atomic E-state index is 5.90. The normalized spacial score (nSPS) is 11.4. The molecule has 0 fully saturated rings. The molecule has 0 saturated carbocycles. The van der Waals surface area contributed by atoms with Crippen molar-refractivity contribution >= 4 is 11.6 Å². The molecule has 3 rings (SSSR count). The van der Waals surface area contributed by atoms with Gasteiger partial charge in [0.05, 0.1) is 0 Å². The first-order chi connectivity index (χ1) is 10.5. The Morgan fingerprint density at radius 3 is 2.41 bits per heavy atom. The van der Waals surface area contributed by atoms with Gasteiger partial charge >= 0.3 is 0 Å². The smallest absolute Gasteiger partial charge is 0.270 e. The first-order valence-electron chi connectivity index (χ1n) is 6.61. The van der Waals surface area contributed by atoms with Crippen LogP contribution in [0.2, 0.25) is 5.02 Å². The van der Waals surface area contributed by atoms with Crippen molar-refractivity contribution in [2.75, 3.05) is 0 Å². The standard InChI is InChI=1S/C15H13ClN4O2/c1-15(2,21-11-6-4-10(16)5-7-11)14-19-13(20-22-14)12-17-8-3-9-18-12/h3-9H,1-2H3. The average Bonchev–Trinajstić information content (AvgIpc) is 3.01. The summed E-state index contributed by atoms with van der Waals surface area (Å²) in [5.74, 6) is 1.72. The Bertz CT molecular complexity index is 757. The van der Waals surface area contributed by atoms with Crippen LogP contribution in [0.15, 0.2) is 47.2 Å². The average molecular weight is 317 g/mol. The lowest BCUT2D eigenvalue weighted by Gasteiger charge is -2.22. The molecule has 22 heavy (non-hydrogen) atoms. The zero-order valence-corrected chi connectivity index (χ0v) is 12.8. The monoisotopic (exact) mass is 316 g/mol. The highest BCUT2D eigenvalue weighted by atomic mass is 35.5. The number of nitrogens with zero attached hydrogens (tertiary/aromatic N) is 4. The summed E-state index contributed by atoms with van der Waals surface area (Å²) in [6.45, 7) is 3.68. The Morgan fingerprint density at radius 1 is 1.05 bits per heavy atom. The predicted molar refractivity (Wildman–Crippen MR) is 80.4 cm³/mol. The van der Waals surface area contributed by atoms with E-state index < -0.39 is 5.60 Å². The molecule has 0 unspecified atom stereocenters. The summed E-state index contributed by atoms with van der Waals surface area (Å²) in [6, 6.07) is 8.79. The van der Waals surface area contributed by atoms with E-state index in [1.807, 2.05) is 13.8 Å². The van der Waals surface area contributed by atoms with Crippen LogP contribution < -0.4 is 4.74 Å². The minimum Gasteiger partial charge on any atom is -0.478 e. The SMILES string of the molecule is CC(C)(Oc1ccc(Cl)cc1)c1nc(-c2ncccn2)no1. The van der Waals surface area contributed by atoms with Crippen LogP contribution in [-0.4, -0.2) is 20.1 Å². The van der Waals surface area contributed by atoms with Gasteiger partial charge in [0.15, 0.2) is 5.60 Å². The van der Waals surface area contributed by atoms with Crippen molar-refractivity contribution < 1.29 is 9.26 Å². The Balaban J connectivity index is 1.83. The van der Waals surface area contributed by atoms with Crippen LogP contribution in [0, 0.1) is 0 Å². The maximum Gasteiger partial charge on any atom is 0.270 e. The second-order valence-electron chi connectivity index (χ2n) is 5.06. The summed E-state index contributed by atoms with van der Waals surface area (Å²) in [6.07, 6.45) is 3.24. The molecule has 112 valence electrons. The van der Waals surface area contributed by atoms with E-state index in [9.17, 15) is 0 Å². The molecule has 0 saturated heterocycles. The summed E-state index contributed by atoms with van der Waals surface area (Å²) in [7, 11) is 0. The Hall–Kier alpha value is -2.47. The molecule has 2 heterocycles. The van der Waals surface area contributed by atoms with E-state index in [-0.39, 0.29) is 0 Å². The maximum absolute atomic E-state index is 5.90. The molecule has 6 nitrogen and oxygen atoms in total. The van der Waals surface area contributed by atoms with E-state index in [2.05, 4.69) is 20.1 Å². The lowest BCUT2D eigenvalue weighted by atomic mass is 10.1. The fourth-order valence-electron chi connectivity index (χ4n) is 1.81. The third kappa shape index (κ3) is 3.07. The van der Waals surface area contributed by atoms with Crippen molar-refractivity contribution in [2.24, 2.45) is 0 Å². The van der Waals surface area contributed by atoms with Crippen molar-refractivity contribution in [1.29, 1.82) is 0 Å². The number of aromatic nitrogens is 4. The second kappa shape index (κ2) is 5.73. The van der Waals surface area contributed by atoms with E-state index >= 15 is 0 Å². The summed E-state index contributed by atoms with van der Waals surface area (Å²) in [5.41, 5.74) is -0.798. The lowest BCUT2D eigenvalue weighted by molar-refractivity contribution is 0.0692. The molecule has 0 radical (unpaired) electrons. The molecule has 0 aliphatic heterocycles. The molecule has 0 aliphatic carbocycles. The van der Waals surface area contributed by atoms with Gasteiger partial charge in [-0.2, -0.15) is 4.98 Å². The molecule has 2 aromatic heterocycles. The van der Waals surface area contributed by atoms with Gasteiger partial charge in [0.25, 0.3) is 5.89 Å². The van der Waals surface area contributed by atoms with Crippen molar-refractivity contribution in [2.45, 2.75) is 19.4 Å². The van der Waals surface area contributed by atoms with Crippen molar-refractivity contribution in [3.05, 3.63) is 53.6 Å². The molecule has 0 atom stereocenters. The van der Waals surface area contributed by atoms with Gasteiger partial charge in [-0.15, -0.1) is 0 Å². The first kappa shape index (κ1) is 14.5. The van der Waals surface area contributed by atoms with Crippen molar-refractivity contribution in [1.82, 2.24) is 20.1 Å². The molecular weight excluding hydrogens is 304 g/mol. The number of benzene rings is 1. The van der Waals surface area contributed by atoms with Crippen molar-refractivity contribution in [3.8, 4) is 17.4 Å². The molecule has 0 bridgehead atoms. The van der Waals surface area contributed by atoms with E-state index in [0.717, 1.165) is 0 Å². The molecule has 7 heteroatoms. The summed E-state index contributed by atoms with van der Waals surface area (Å²) < 4.78 is 11.2. The first-order valence-corrected chi connectivity index (χ1v) is 6.98. The van der Waals surface area contributed by atoms with Gasteiger partial charge < -0.3 is 9.26 Å². The zero-order valence-electron chi connectivity index (χ0n) is 12.0. The molecule has 0 aliphatic rings. The highest BCUT2D eigenvalue weighted by molar-refractivity contribution is 6.30. The van der Waals surface area contributed by atoms with Crippen LogP contribution in [0.4, 0.5) is 0 Å². The van der Waals surface area contributed by atoms with Crippen LogP contribution in [-0.2, 0) is 5.60 Å². The van der Waals surface area contributed by atoms with Gasteiger partial charge in [0, 0.05) is 17.4 Å². The van der Waals surface area contributed by atoms with E-state index in [1.165, 1.54) is 0 Å². The Morgan fingerprint density at radius 2 is 1.73 bits per heavy atom. The highest BCUT2D eigenvalue weighted by Gasteiger charge is 2.30. The quantitative estimate of drug-likeness (QED) is 0.733. The minimum atomic E-state index is -0.798. The van der Waals surface area contributed by atoms with Gasteiger partial charge in [-0.1, -0.05) is 16.8 Å². The number of hydrogen-bond acceptors (Lipinski definition) is 6. The van der Waals surface area contributed by atoms with Gasteiger partial charge in [-0.25, -0.2) is 9.97 Å². The van der Waals surface area contributed by atoms with Crippen LogP contribution in [0.5, 0.6) is 5.75 Å². The summed E-state index contributed by atoms with van der Waals surface area (Å²) in [5, 5.41) is 4.54. The number of ether oxygens (including phenoxy) is 1. The van der Waals surface area contributed by atoms with E-state index in [4.69, 9.17) is 20.9 Å². The summed E-state index contributed by atoms with van der Waals surface area (Å²) >= 11 is 5.86. The van der Waals surface area contributed by atoms with E-state index in [1.54, 1.807) is 42.7 Å². The lowest BCUT2D eigenvalue weighted by Crippen LogP contribution is -2.25. The van der Waals surface area contributed by atoms with Gasteiger partial charge in [0.2, 0.25) is 11.6 Å². The van der Waals surface area contributed by atoms with Crippen LogP contribution in [0.1, 0.15) is 19.7 Å². The van der Waals surface area contributed by atoms with Gasteiger partial charge in [-0.3, -0.25) is 0 Å². The number of rotatable bonds is 4. The third-order valence-corrected chi connectivity index (χ3v) is 3.15. The summed E-state index contributed by atoms with van der Waals surface area (Å²) in [4.78, 5) is 12.5. The van der Waals surface area contributed by atoms with Crippen LogP contribution in [0.25, 0.3) is 11.6 Å². The predicted octanol–water partition coefficient (Wildman–Crippen LogP) is 3.49. The zero-order chi connectivity index (χ0) is 15.6. The molecule has 1 aromatic carbocycles. The van der Waals surface area contributed by atoms with Crippen LogP contribution in [0.3, 0.4) is 0 Å². The highest BCUT2D eigenvalue weighted by Crippen LogP contribution is 2.28. The fourth-order valence-corrected chi connectivity index (χ4v) is 1.94. The minimum absolute atomic E-state index is 0.323. The molecule has 0 spiro atoms. The molecule has 3 aromatic rings. The van der Waals surface area contributed by atoms with Crippen molar-refractivity contribution in [3.63, 3.8) is 0 Å². The largest absolute Gasteiger partial charge is 0.478 e. The number of hydrogen-bond donors (Lipinski definition) is 0. The fraction of sp³-hybridized carbons (Fsp3) is 0.200. The Labute approximate surface area is 132 Å². The Kier molecular flexibility index (Phi) is 3.77. The topological polar surface area (TPSA) is 73.9 Å². The van der Waals surface area contributed by atoms with Gasteiger partial charge in [0.1, 0.15) is 5.75 Å². The van der Waals surface area contributed by atoms with E-state index in [0.29, 0.717) is 28.3 Å². The number of halogens is 1. The molecular formula is C15H13ClN4O2. The molecule has 0 amide bonds. The molecule has 0 N–H and O–H groups in total. The third-order valence-electron chi connectivity index (χ3n) is 2.89. The second-order valence-corrected chi connectivity index (χ2v) is 5.50.